The van der Waals surface area contributed by atoms with Crippen LogP contribution in [0.2, 0.25) is 0 Å². The SMILES string of the molecule is CCC(N)c1nc(-c2cc(F)ccc2C)no1. The van der Waals surface area contributed by atoms with Crippen LogP contribution < -0.4 is 5.73 Å². The van der Waals surface area contributed by atoms with E-state index in [4.69, 9.17) is 10.3 Å². The van der Waals surface area contributed by atoms with Crippen LogP contribution in [0.4, 0.5) is 4.39 Å². The van der Waals surface area contributed by atoms with Gasteiger partial charge in [0, 0.05) is 5.56 Å². The first-order valence-electron chi connectivity index (χ1n) is 5.47. The molecule has 1 atom stereocenters. The van der Waals surface area contributed by atoms with Crippen molar-refractivity contribution in [3.63, 3.8) is 0 Å². The Hall–Kier alpha value is -1.75. The topological polar surface area (TPSA) is 64.9 Å². The minimum atomic E-state index is -0.322. The lowest BCUT2D eigenvalue weighted by atomic mass is 10.1. The smallest absolute Gasteiger partial charge is 0.243 e. The number of rotatable bonds is 3. The zero-order chi connectivity index (χ0) is 12.4. The van der Waals surface area contributed by atoms with Crippen molar-refractivity contribution in [1.29, 1.82) is 0 Å². The van der Waals surface area contributed by atoms with Gasteiger partial charge in [-0.2, -0.15) is 4.98 Å². The molecular weight excluding hydrogens is 221 g/mol. The van der Waals surface area contributed by atoms with Crippen molar-refractivity contribution in [2.24, 2.45) is 5.73 Å². The van der Waals surface area contributed by atoms with Crippen LogP contribution in [0, 0.1) is 12.7 Å². The normalized spacial score (nSPS) is 12.7. The fourth-order valence-corrected chi connectivity index (χ4v) is 1.50. The Balaban J connectivity index is 2.40. The van der Waals surface area contributed by atoms with E-state index in [0.717, 1.165) is 5.56 Å². The second-order valence-electron chi connectivity index (χ2n) is 3.93. The van der Waals surface area contributed by atoms with Gasteiger partial charge < -0.3 is 10.3 Å². The first-order chi connectivity index (χ1) is 8.11. The molecule has 0 bridgehead atoms. The summed E-state index contributed by atoms with van der Waals surface area (Å²) in [4.78, 5) is 4.18. The van der Waals surface area contributed by atoms with Crippen molar-refractivity contribution in [1.82, 2.24) is 10.1 Å². The third-order valence-electron chi connectivity index (χ3n) is 2.64. The Morgan fingerprint density at radius 2 is 2.24 bits per heavy atom. The Morgan fingerprint density at radius 1 is 1.47 bits per heavy atom. The van der Waals surface area contributed by atoms with E-state index in [0.29, 0.717) is 23.7 Å². The maximum Gasteiger partial charge on any atom is 0.243 e. The standard InChI is InChI=1S/C12H14FN3O/c1-3-10(14)12-15-11(16-17-12)9-6-8(13)5-4-7(9)2/h4-6,10H,3,14H2,1-2H3. The van der Waals surface area contributed by atoms with Gasteiger partial charge in [0.05, 0.1) is 6.04 Å². The van der Waals surface area contributed by atoms with Crippen LogP contribution in [0.1, 0.15) is 30.8 Å². The summed E-state index contributed by atoms with van der Waals surface area (Å²) in [6.45, 7) is 3.80. The molecule has 0 fully saturated rings. The summed E-state index contributed by atoms with van der Waals surface area (Å²) in [6.07, 6.45) is 0.712. The Kier molecular flexibility index (Phi) is 3.19. The summed E-state index contributed by atoms with van der Waals surface area (Å²) in [6, 6.07) is 4.20. The van der Waals surface area contributed by atoms with Crippen molar-refractivity contribution in [2.75, 3.05) is 0 Å². The molecule has 0 amide bonds. The lowest BCUT2D eigenvalue weighted by Gasteiger charge is -2.01. The fraction of sp³-hybridized carbons (Fsp3) is 0.333. The summed E-state index contributed by atoms with van der Waals surface area (Å²) in [5.41, 5.74) is 7.30. The van der Waals surface area contributed by atoms with Crippen molar-refractivity contribution in [3.05, 3.63) is 35.5 Å². The average molecular weight is 235 g/mol. The van der Waals surface area contributed by atoms with Gasteiger partial charge in [-0.05, 0) is 31.0 Å². The van der Waals surface area contributed by atoms with Gasteiger partial charge in [0.1, 0.15) is 5.82 Å². The highest BCUT2D eigenvalue weighted by atomic mass is 19.1. The molecule has 2 aromatic rings. The number of aromatic nitrogens is 2. The lowest BCUT2D eigenvalue weighted by Crippen LogP contribution is -2.08. The van der Waals surface area contributed by atoms with E-state index < -0.39 is 0 Å². The molecule has 0 radical (unpaired) electrons. The molecule has 0 saturated carbocycles. The molecule has 2 rings (SSSR count). The highest BCUT2D eigenvalue weighted by molar-refractivity contribution is 5.59. The van der Waals surface area contributed by atoms with E-state index in [1.807, 2.05) is 13.8 Å². The van der Waals surface area contributed by atoms with Gasteiger partial charge in [0.2, 0.25) is 11.7 Å². The van der Waals surface area contributed by atoms with E-state index in [1.165, 1.54) is 12.1 Å². The number of halogens is 1. The van der Waals surface area contributed by atoms with Crippen molar-refractivity contribution in [3.8, 4) is 11.4 Å². The third kappa shape index (κ3) is 2.34. The van der Waals surface area contributed by atoms with Gasteiger partial charge in [-0.3, -0.25) is 0 Å². The largest absolute Gasteiger partial charge is 0.337 e. The van der Waals surface area contributed by atoms with Crippen LogP contribution in [-0.4, -0.2) is 10.1 Å². The maximum atomic E-state index is 13.2. The Bertz CT molecular complexity index is 524. The van der Waals surface area contributed by atoms with E-state index in [1.54, 1.807) is 6.07 Å². The molecule has 5 heteroatoms. The van der Waals surface area contributed by atoms with Crippen LogP contribution in [-0.2, 0) is 0 Å². The van der Waals surface area contributed by atoms with E-state index in [2.05, 4.69) is 10.1 Å². The van der Waals surface area contributed by atoms with Crippen LogP contribution in [0.3, 0.4) is 0 Å². The zero-order valence-electron chi connectivity index (χ0n) is 9.77. The van der Waals surface area contributed by atoms with Crippen LogP contribution >= 0.6 is 0 Å². The van der Waals surface area contributed by atoms with Gasteiger partial charge in [-0.1, -0.05) is 18.1 Å². The van der Waals surface area contributed by atoms with E-state index >= 15 is 0 Å². The predicted octanol–water partition coefficient (Wildman–Crippen LogP) is 2.59. The molecule has 0 aliphatic rings. The fourth-order valence-electron chi connectivity index (χ4n) is 1.50. The van der Waals surface area contributed by atoms with Gasteiger partial charge >= 0.3 is 0 Å². The van der Waals surface area contributed by atoms with Gasteiger partial charge in [0.15, 0.2) is 0 Å². The maximum absolute atomic E-state index is 13.2. The summed E-state index contributed by atoms with van der Waals surface area (Å²) in [7, 11) is 0. The molecule has 0 spiro atoms. The summed E-state index contributed by atoms with van der Waals surface area (Å²) >= 11 is 0. The van der Waals surface area contributed by atoms with Crippen LogP contribution in [0.25, 0.3) is 11.4 Å². The van der Waals surface area contributed by atoms with Crippen molar-refractivity contribution >= 4 is 0 Å². The molecule has 4 nitrogen and oxygen atoms in total. The van der Waals surface area contributed by atoms with Gasteiger partial charge in [-0.25, -0.2) is 4.39 Å². The predicted molar refractivity (Wildman–Crippen MR) is 61.6 cm³/mol. The molecule has 1 aromatic carbocycles. The monoisotopic (exact) mass is 235 g/mol. The number of aryl methyl sites for hydroxylation is 1. The third-order valence-corrected chi connectivity index (χ3v) is 2.64. The number of hydrogen-bond acceptors (Lipinski definition) is 4. The molecule has 17 heavy (non-hydrogen) atoms. The molecular formula is C12H14FN3O. The highest BCUT2D eigenvalue weighted by Gasteiger charge is 2.15. The summed E-state index contributed by atoms with van der Waals surface area (Å²) < 4.78 is 18.2. The molecule has 1 unspecified atom stereocenters. The number of hydrogen-bond donors (Lipinski definition) is 1. The number of nitrogens with zero attached hydrogens (tertiary/aromatic N) is 2. The molecule has 0 aliphatic carbocycles. The van der Waals surface area contributed by atoms with Crippen molar-refractivity contribution in [2.45, 2.75) is 26.3 Å². The van der Waals surface area contributed by atoms with Gasteiger partial charge in [0.25, 0.3) is 0 Å². The molecule has 0 saturated heterocycles. The van der Waals surface area contributed by atoms with Gasteiger partial charge in [-0.15, -0.1) is 0 Å². The molecule has 1 aromatic heterocycles. The molecule has 0 aliphatic heterocycles. The number of nitrogens with two attached hydrogens (primary N) is 1. The Morgan fingerprint density at radius 3 is 2.94 bits per heavy atom. The van der Waals surface area contributed by atoms with E-state index in [-0.39, 0.29) is 11.9 Å². The first kappa shape index (κ1) is 11.7. The average Bonchev–Trinajstić information content (AvgIpc) is 2.80. The van der Waals surface area contributed by atoms with Crippen molar-refractivity contribution < 1.29 is 8.91 Å². The quantitative estimate of drug-likeness (QED) is 0.888. The molecule has 2 N–H and O–H groups in total. The minimum absolute atomic E-state index is 0.273. The summed E-state index contributed by atoms with van der Waals surface area (Å²) in [5, 5.41) is 3.82. The molecule has 1 heterocycles. The second kappa shape index (κ2) is 4.63. The first-order valence-corrected chi connectivity index (χ1v) is 5.47. The lowest BCUT2D eigenvalue weighted by molar-refractivity contribution is 0.352. The summed E-state index contributed by atoms with van der Waals surface area (Å²) in [5.74, 6) is 0.434. The zero-order valence-corrected chi connectivity index (χ0v) is 9.77. The highest BCUT2D eigenvalue weighted by Crippen LogP contribution is 2.23. The second-order valence-corrected chi connectivity index (χ2v) is 3.93. The molecule has 90 valence electrons. The Labute approximate surface area is 98.6 Å². The number of benzene rings is 1. The van der Waals surface area contributed by atoms with E-state index in [9.17, 15) is 4.39 Å². The van der Waals surface area contributed by atoms with Crippen LogP contribution in [0.15, 0.2) is 22.7 Å². The minimum Gasteiger partial charge on any atom is -0.337 e. The van der Waals surface area contributed by atoms with Crippen LogP contribution in [0.5, 0.6) is 0 Å².